The second kappa shape index (κ2) is 11.5. The molecule has 0 saturated carbocycles. The van der Waals surface area contributed by atoms with Crippen LogP contribution in [0.5, 0.6) is 0 Å². The molecule has 11 heteroatoms. The molecule has 2 aliphatic rings. The summed E-state index contributed by atoms with van der Waals surface area (Å²) >= 11 is 0. The smallest absolute Gasteiger partial charge is 0.475 e. The SMILES string of the molecule is Cc1nnn2c1-c1ccc(C3=CCNCC3)cc1C(Nc1cccc(CC#N)c1)CC2.O=C(O)C(F)(F)F. The maximum absolute atomic E-state index is 10.6. The van der Waals surface area contributed by atoms with Crippen molar-refractivity contribution in [2.75, 3.05) is 18.4 Å². The van der Waals surface area contributed by atoms with Gasteiger partial charge in [-0.25, -0.2) is 9.48 Å². The number of nitrogens with zero attached hydrogens (tertiary/aromatic N) is 4. The van der Waals surface area contributed by atoms with Crippen LogP contribution in [0.4, 0.5) is 18.9 Å². The van der Waals surface area contributed by atoms with Crippen molar-refractivity contribution in [3.05, 3.63) is 70.9 Å². The standard InChI is InChI=1S/C25H26N6.C2HF3O2/c1-17-25-22-6-5-20(19-8-12-27-13-9-19)16-23(22)24(10-14-31(25)30-29-17)28-21-4-2-3-18(15-21)7-11-26;3-2(4,5)1(6)7/h2-6,8,15-16,24,27-28H,7,9-10,12-14H2,1H3;(H,6,7). The van der Waals surface area contributed by atoms with Crippen molar-refractivity contribution in [2.45, 2.75) is 44.9 Å². The second-order valence-electron chi connectivity index (χ2n) is 9.06. The van der Waals surface area contributed by atoms with E-state index in [1.54, 1.807) is 0 Å². The Morgan fingerprint density at radius 1 is 1.29 bits per heavy atom. The van der Waals surface area contributed by atoms with E-state index in [-0.39, 0.29) is 6.04 Å². The van der Waals surface area contributed by atoms with Crippen LogP contribution in [0, 0.1) is 18.3 Å². The quantitative estimate of drug-likeness (QED) is 0.445. The molecule has 0 saturated heterocycles. The number of nitrogens with one attached hydrogen (secondary N) is 2. The maximum Gasteiger partial charge on any atom is 0.490 e. The number of halogens is 3. The van der Waals surface area contributed by atoms with E-state index in [1.165, 1.54) is 22.3 Å². The van der Waals surface area contributed by atoms with Crippen LogP contribution in [0.1, 0.15) is 41.3 Å². The lowest BCUT2D eigenvalue weighted by molar-refractivity contribution is -0.192. The fourth-order valence-electron chi connectivity index (χ4n) is 4.66. The van der Waals surface area contributed by atoms with Crippen LogP contribution < -0.4 is 10.6 Å². The first-order valence-electron chi connectivity index (χ1n) is 12.1. The number of aromatic nitrogens is 3. The Hall–Kier alpha value is -4.17. The summed E-state index contributed by atoms with van der Waals surface area (Å²) < 4.78 is 33.8. The lowest BCUT2D eigenvalue weighted by Crippen LogP contribution is -2.21. The largest absolute Gasteiger partial charge is 0.490 e. The number of carboxylic acids is 1. The third-order valence-electron chi connectivity index (χ3n) is 6.44. The zero-order valence-corrected chi connectivity index (χ0v) is 20.7. The predicted octanol–water partition coefficient (Wildman–Crippen LogP) is 4.89. The van der Waals surface area contributed by atoms with E-state index in [1.807, 2.05) is 23.7 Å². The highest BCUT2D eigenvalue weighted by molar-refractivity contribution is 5.75. The Kier molecular flexibility index (Phi) is 8.12. The van der Waals surface area contributed by atoms with E-state index in [4.69, 9.17) is 15.2 Å². The predicted molar refractivity (Wildman–Crippen MR) is 136 cm³/mol. The first-order valence-corrected chi connectivity index (χ1v) is 12.1. The molecule has 0 aliphatic carbocycles. The molecule has 0 radical (unpaired) electrons. The molecule has 198 valence electrons. The van der Waals surface area contributed by atoms with E-state index in [2.05, 4.69) is 63.4 Å². The van der Waals surface area contributed by atoms with Gasteiger partial charge in [0, 0.05) is 24.3 Å². The summed E-state index contributed by atoms with van der Waals surface area (Å²) in [4.78, 5) is 8.90. The maximum atomic E-state index is 10.6. The molecule has 3 aromatic rings. The fourth-order valence-corrected chi connectivity index (χ4v) is 4.66. The molecule has 8 nitrogen and oxygen atoms in total. The number of carbonyl (C=O) groups is 1. The molecule has 5 rings (SSSR count). The van der Waals surface area contributed by atoms with Crippen LogP contribution in [0.15, 0.2) is 48.5 Å². The van der Waals surface area contributed by atoms with E-state index >= 15 is 0 Å². The first-order chi connectivity index (χ1) is 18.2. The molecule has 1 unspecified atom stereocenters. The summed E-state index contributed by atoms with van der Waals surface area (Å²) in [5.41, 5.74) is 9.34. The first kappa shape index (κ1) is 26.9. The van der Waals surface area contributed by atoms with Crippen molar-refractivity contribution >= 4 is 17.2 Å². The molecule has 0 fully saturated rings. The molecule has 2 aromatic carbocycles. The minimum atomic E-state index is -5.08. The summed E-state index contributed by atoms with van der Waals surface area (Å²) in [5.74, 6) is -2.76. The molecule has 1 atom stereocenters. The molecule has 0 amide bonds. The van der Waals surface area contributed by atoms with Gasteiger partial charge >= 0.3 is 12.1 Å². The van der Waals surface area contributed by atoms with Gasteiger partial charge in [-0.1, -0.05) is 35.6 Å². The second-order valence-corrected chi connectivity index (χ2v) is 9.06. The number of aliphatic carboxylic acids is 1. The van der Waals surface area contributed by atoms with Gasteiger partial charge in [-0.3, -0.25) is 0 Å². The van der Waals surface area contributed by atoms with Gasteiger partial charge in [0.25, 0.3) is 0 Å². The lowest BCUT2D eigenvalue weighted by atomic mass is 9.90. The van der Waals surface area contributed by atoms with Crippen molar-refractivity contribution in [1.29, 1.82) is 5.26 Å². The summed E-state index contributed by atoms with van der Waals surface area (Å²) in [7, 11) is 0. The van der Waals surface area contributed by atoms with Gasteiger partial charge in [-0.05, 0) is 66.8 Å². The Balaban J connectivity index is 0.000000426. The van der Waals surface area contributed by atoms with Crippen LogP contribution >= 0.6 is 0 Å². The topological polar surface area (TPSA) is 116 Å². The molecular formula is C27H27F3N6O2. The number of carboxylic acid groups (broad SMARTS) is 1. The number of alkyl halides is 3. The summed E-state index contributed by atoms with van der Waals surface area (Å²) in [6, 6.07) is 17.4. The normalized spacial score (nSPS) is 16.5. The molecule has 1 aromatic heterocycles. The van der Waals surface area contributed by atoms with E-state index in [9.17, 15) is 13.2 Å². The number of benzene rings is 2. The zero-order valence-electron chi connectivity index (χ0n) is 20.7. The van der Waals surface area contributed by atoms with Crippen LogP contribution in [-0.2, 0) is 17.8 Å². The summed E-state index contributed by atoms with van der Waals surface area (Å²) in [5, 5.41) is 32.1. The fraction of sp³-hybridized carbons (Fsp3) is 0.333. The number of hydrogen-bond acceptors (Lipinski definition) is 6. The van der Waals surface area contributed by atoms with E-state index in [0.29, 0.717) is 6.42 Å². The Bertz CT molecular complexity index is 1390. The third kappa shape index (κ3) is 6.20. The van der Waals surface area contributed by atoms with Gasteiger partial charge in [0.2, 0.25) is 0 Å². The van der Waals surface area contributed by atoms with Crippen molar-refractivity contribution in [3.8, 4) is 17.3 Å². The average molecular weight is 525 g/mol. The Morgan fingerprint density at radius 3 is 2.76 bits per heavy atom. The molecule has 0 bridgehead atoms. The monoisotopic (exact) mass is 524 g/mol. The zero-order chi connectivity index (χ0) is 27.3. The van der Waals surface area contributed by atoms with Crippen LogP contribution in [0.25, 0.3) is 16.8 Å². The van der Waals surface area contributed by atoms with E-state index < -0.39 is 12.1 Å². The number of hydrogen-bond donors (Lipinski definition) is 3. The summed E-state index contributed by atoms with van der Waals surface area (Å²) in [6.07, 6.45) is -0.406. The van der Waals surface area contributed by atoms with Crippen LogP contribution in [-0.4, -0.2) is 45.3 Å². The molecule has 0 spiro atoms. The number of aryl methyl sites for hydroxylation is 2. The van der Waals surface area contributed by atoms with Crippen molar-refractivity contribution in [3.63, 3.8) is 0 Å². The molecule has 2 aliphatic heterocycles. The van der Waals surface area contributed by atoms with Gasteiger partial charge in [0.1, 0.15) is 0 Å². The van der Waals surface area contributed by atoms with Crippen molar-refractivity contribution in [2.24, 2.45) is 0 Å². The van der Waals surface area contributed by atoms with Crippen molar-refractivity contribution in [1.82, 2.24) is 20.3 Å². The highest BCUT2D eigenvalue weighted by atomic mass is 19.4. The van der Waals surface area contributed by atoms with E-state index in [0.717, 1.165) is 55.1 Å². The van der Waals surface area contributed by atoms with Gasteiger partial charge in [-0.2, -0.15) is 18.4 Å². The van der Waals surface area contributed by atoms with Gasteiger partial charge in [0.15, 0.2) is 0 Å². The van der Waals surface area contributed by atoms with Gasteiger partial charge < -0.3 is 15.7 Å². The summed E-state index contributed by atoms with van der Waals surface area (Å²) in [6.45, 7) is 4.79. The van der Waals surface area contributed by atoms with Gasteiger partial charge in [0.05, 0.1) is 29.9 Å². The van der Waals surface area contributed by atoms with Crippen LogP contribution in [0.3, 0.4) is 0 Å². The number of rotatable bonds is 4. The average Bonchev–Trinajstić information content (AvgIpc) is 3.19. The molecule has 3 heterocycles. The highest BCUT2D eigenvalue weighted by Gasteiger charge is 2.38. The van der Waals surface area contributed by atoms with Crippen molar-refractivity contribution < 1.29 is 23.1 Å². The minimum Gasteiger partial charge on any atom is -0.475 e. The Labute approximate surface area is 217 Å². The number of nitriles is 1. The molecular weight excluding hydrogens is 497 g/mol. The highest BCUT2D eigenvalue weighted by Crippen LogP contribution is 2.38. The minimum absolute atomic E-state index is 0.149. The lowest BCUT2D eigenvalue weighted by Gasteiger charge is -2.23. The molecule has 3 N–H and O–H groups in total. The van der Waals surface area contributed by atoms with Crippen LogP contribution in [0.2, 0.25) is 0 Å². The number of fused-ring (bicyclic) bond motifs is 3. The Morgan fingerprint density at radius 2 is 2.08 bits per heavy atom. The number of anilines is 1. The van der Waals surface area contributed by atoms with Gasteiger partial charge in [-0.15, -0.1) is 5.10 Å². The third-order valence-corrected chi connectivity index (χ3v) is 6.44. The molecule has 38 heavy (non-hydrogen) atoms.